The Morgan fingerprint density at radius 1 is 1.05 bits per heavy atom. The van der Waals surface area contributed by atoms with Gasteiger partial charge in [0.05, 0.1) is 22.3 Å². The number of pyridine rings is 1. The van der Waals surface area contributed by atoms with Crippen LogP contribution >= 0.6 is 11.6 Å². The number of nitrogens with one attached hydrogen (secondary N) is 1. The first-order valence-corrected chi connectivity index (χ1v) is 12.1. The fraction of sp³-hybridized carbons (Fsp3) is 0.240. The molecule has 0 saturated heterocycles. The lowest BCUT2D eigenvalue weighted by Crippen LogP contribution is -2.22. The van der Waals surface area contributed by atoms with E-state index in [1.165, 1.54) is 37.5 Å². The maximum absolute atomic E-state index is 13.6. The number of rotatable bonds is 7. The number of aryl methyl sites for hydroxylation is 1. The van der Waals surface area contributed by atoms with Crippen molar-refractivity contribution >= 4 is 23.3 Å². The fourth-order valence-corrected chi connectivity index (χ4v) is 4.25. The van der Waals surface area contributed by atoms with Crippen LogP contribution in [0, 0.1) is 18.3 Å². The number of benzene rings is 1. The molecule has 0 atom stereocenters. The van der Waals surface area contributed by atoms with Crippen molar-refractivity contribution in [2.75, 3.05) is 7.05 Å². The van der Waals surface area contributed by atoms with Gasteiger partial charge in [-0.05, 0) is 48.4 Å². The van der Waals surface area contributed by atoms with Crippen LogP contribution in [0.4, 0.5) is 26.3 Å². The van der Waals surface area contributed by atoms with Crippen LogP contribution in [-0.4, -0.2) is 48.5 Å². The highest BCUT2D eigenvalue weighted by Crippen LogP contribution is 2.38. The number of aromatic nitrogens is 6. The largest absolute Gasteiger partial charge is 0.437 e. The van der Waals surface area contributed by atoms with Crippen LogP contribution < -0.4 is 5.32 Å². The van der Waals surface area contributed by atoms with Crippen molar-refractivity contribution in [1.29, 1.82) is 5.26 Å². The van der Waals surface area contributed by atoms with Crippen LogP contribution in [0.2, 0.25) is 5.02 Å². The SMILES string of the molecule is CNC(=O)c1cc(C#N)cc(C)c1CC(=O)c1cc(Cn2nc(C(F)(F)F)c(C(F)(F)F)n2)nn1-c1ncccc1Cl. The van der Waals surface area contributed by atoms with Gasteiger partial charge < -0.3 is 5.32 Å². The number of nitriles is 1. The molecule has 3 aromatic heterocycles. The van der Waals surface area contributed by atoms with Crippen molar-refractivity contribution in [2.24, 2.45) is 0 Å². The summed E-state index contributed by atoms with van der Waals surface area (Å²) in [4.78, 5) is 30.4. The maximum Gasteiger partial charge on any atom is 0.437 e. The summed E-state index contributed by atoms with van der Waals surface area (Å²) in [6.45, 7) is 0.810. The number of carbonyl (C=O) groups is 2. The Bertz CT molecular complexity index is 1700. The molecule has 1 aromatic carbocycles. The number of hydrogen-bond donors (Lipinski definition) is 1. The standard InChI is InChI=1S/C25H17ClF6N8O2/c1-12-6-13(10-33)7-16(23(42)34-2)15(12)9-19(41)18-8-14(36-40(18)22-17(26)4-3-5-35-22)11-39-37-20(24(27,28)29)21(38-39)25(30,31)32/h3-8H,9,11H2,1-2H3,(H,34,42). The van der Waals surface area contributed by atoms with Crippen LogP contribution in [0.15, 0.2) is 36.5 Å². The zero-order valence-electron chi connectivity index (χ0n) is 21.5. The van der Waals surface area contributed by atoms with Crippen molar-refractivity contribution in [2.45, 2.75) is 32.2 Å². The van der Waals surface area contributed by atoms with E-state index in [0.29, 0.717) is 5.56 Å². The maximum atomic E-state index is 13.6. The average molecular weight is 611 g/mol. The summed E-state index contributed by atoms with van der Waals surface area (Å²) in [6, 6.07) is 8.75. The van der Waals surface area contributed by atoms with Crippen LogP contribution in [0.25, 0.3) is 5.82 Å². The third-order valence-electron chi connectivity index (χ3n) is 5.89. The Morgan fingerprint density at radius 3 is 2.24 bits per heavy atom. The molecule has 0 saturated carbocycles. The van der Waals surface area contributed by atoms with Crippen LogP contribution in [0.5, 0.6) is 0 Å². The molecular formula is C25H17ClF6N8O2. The lowest BCUT2D eigenvalue weighted by atomic mass is 9.93. The predicted octanol–water partition coefficient (Wildman–Crippen LogP) is 4.56. The van der Waals surface area contributed by atoms with E-state index < -0.39 is 48.4 Å². The Morgan fingerprint density at radius 2 is 1.69 bits per heavy atom. The predicted molar refractivity (Wildman–Crippen MR) is 133 cm³/mol. The molecule has 4 rings (SSSR count). The number of hydrogen-bond acceptors (Lipinski definition) is 7. The molecule has 0 aliphatic carbocycles. The van der Waals surface area contributed by atoms with Gasteiger partial charge in [0.25, 0.3) is 5.91 Å². The minimum Gasteiger partial charge on any atom is -0.355 e. The van der Waals surface area contributed by atoms with Gasteiger partial charge in [-0.1, -0.05) is 11.6 Å². The van der Waals surface area contributed by atoms with E-state index in [-0.39, 0.29) is 43.7 Å². The summed E-state index contributed by atoms with van der Waals surface area (Å²) in [5.74, 6) is -1.28. The van der Waals surface area contributed by atoms with Crippen molar-refractivity contribution in [1.82, 2.24) is 35.1 Å². The highest BCUT2D eigenvalue weighted by Gasteiger charge is 2.48. The molecule has 0 spiro atoms. The molecule has 0 aliphatic heterocycles. The molecule has 218 valence electrons. The molecular weight excluding hydrogens is 594 g/mol. The highest BCUT2D eigenvalue weighted by molar-refractivity contribution is 6.32. The van der Waals surface area contributed by atoms with Gasteiger partial charge in [-0.2, -0.15) is 41.5 Å². The van der Waals surface area contributed by atoms with Crippen LogP contribution in [-0.2, 0) is 25.3 Å². The highest BCUT2D eigenvalue weighted by atomic mass is 35.5. The van der Waals surface area contributed by atoms with Gasteiger partial charge in [0.15, 0.2) is 23.0 Å². The number of carbonyl (C=O) groups excluding carboxylic acids is 2. The van der Waals surface area contributed by atoms with E-state index in [1.807, 2.05) is 6.07 Å². The normalized spacial score (nSPS) is 11.8. The van der Waals surface area contributed by atoms with Gasteiger partial charge in [-0.3, -0.25) is 9.59 Å². The lowest BCUT2D eigenvalue weighted by Gasteiger charge is -2.13. The van der Waals surface area contributed by atoms with Crippen molar-refractivity contribution in [3.8, 4) is 11.9 Å². The Kier molecular flexibility index (Phi) is 8.08. The van der Waals surface area contributed by atoms with E-state index in [4.69, 9.17) is 11.6 Å². The van der Waals surface area contributed by atoms with Crippen molar-refractivity contribution in [3.63, 3.8) is 0 Å². The second kappa shape index (κ2) is 11.2. The van der Waals surface area contributed by atoms with E-state index in [0.717, 1.165) is 10.7 Å². The number of amides is 1. The van der Waals surface area contributed by atoms with Gasteiger partial charge in [-0.25, -0.2) is 9.67 Å². The lowest BCUT2D eigenvalue weighted by molar-refractivity contribution is -0.165. The first-order valence-electron chi connectivity index (χ1n) is 11.7. The number of ketones is 1. The summed E-state index contributed by atoms with van der Waals surface area (Å²) in [6.07, 6.45) is -9.95. The molecule has 10 nitrogen and oxygen atoms in total. The third kappa shape index (κ3) is 6.10. The minimum absolute atomic E-state index is 0.0257. The zero-order chi connectivity index (χ0) is 31.0. The summed E-state index contributed by atoms with van der Waals surface area (Å²) in [5, 5.41) is 21.8. The molecule has 0 bridgehead atoms. The van der Waals surface area contributed by atoms with E-state index in [2.05, 4.69) is 25.6 Å². The summed E-state index contributed by atoms with van der Waals surface area (Å²) >= 11 is 6.24. The van der Waals surface area contributed by atoms with Crippen molar-refractivity contribution < 1.29 is 35.9 Å². The van der Waals surface area contributed by atoms with Gasteiger partial charge in [-0.15, -0.1) is 10.2 Å². The number of Topliss-reactive ketones (excluding diaryl/α,β-unsaturated/α-hetero) is 1. The minimum atomic E-state index is -5.44. The van der Waals surface area contributed by atoms with Gasteiger partial charge in [0.1, 0.15) is 12.2 Å². The zero-order valence-corrected chi connectivity index (χ0v) is 22.2. The topological polar surface area (TPSA) is 131 Å². The van der Waals surface area contributed by atoms with E-state index in [9.17, 15) is 41.2 Å². The number of alkyl halides is 6. The van der Waals surface area contributed by atoms with Crippen LogP contribution in [0.1, 0.15) is 54.6 Å². The Hall–Kier alpha value is -4.78. The van der Waals surface area contributed by atoms with Gasteiger partial charge >= 0.3 is 12.4 Å². The molecule has 4 aromatic rings. The molecule has 3 heterocycles. The monoisotopic (exact) mass is 610 g/mol. The van der Waals surface area contributed by atoms with Gasteiger partial charge in [0.2, 0.25) is 0 Å². The average Bonchev–Trinajstić information content (AvgIpc) is 3.54. The summed E-state index contributed by atoms with van der Waals surface area (Å²) in [5.41, 5.74) is -3.88. The Balaban J connectivity index is 1.80. The molecule has 0 aliphatic rings. The molecule has 17 heteroatoms. The molecule has 0 fully saturated rings. The quantitative estimate of drug-likeness (QED) is 0.240. The number of halogens is 7. The molecule has 1 N–H and O–H groups in total. The van der Waals surface area contributed by atoms with Crippen molar-refractivity contribution in [3.05, 3.63) is 86.6 Å². The molecule has 1 amide bonds. The first kappa shape index (κ1) is 30.2. The molecule has 42 heavy (non-hydrogen) atoms. The fourth-order valence-electron chi connectivity index (χ4n) is 4.05. The number of nitrogens with zero attached hydrogens (tertiary/aromatic N) is 7. The van der Waals surface area contributed by atoms with Crippen LogP contribution in [0.3, 0.4) is 0 Å². The van der Waals surface area contributed by atoms with Gasteiger partial charge in [0, 0.05) is 25.2 Å². The second-order valence-corrected chi connectivity index (χ2v) is 9.18. The second-order valence-electron chi connectivity index (χ2n) is 8.77. The molecule has 0 radical (unpaired) electrons. The third-order valence-corrected chi connectivity index (χ3v) is 6.19. The smallest absolute Gasteiger partial charge is 0.355 e. The Labute approximate surface area is 237 Å². The van der Waals surface area contributed by atoms with E-state index >= 15 is 0 Å². The molecule has 0 unspecified atom stereocenters. The van der Waals surface area contributed by atoms with E-state index in [1.54, 1.807) is 6.92 Å². The summed E-state index contributed by atoms with van der Waals surface area (Å²) < 4.78 is 80.3. The summed E-state index contributed by atoms with van der Waals surface area (Å²) in [7, 11) is 1.37. The first-order chi connectivity index (χ1) is 19.6.